The first kappa shape index (κ1) is 9.24. The highest BCUT2D eigenvalue weighted by Gasteiger charge is 2.21. The van der Waals surface area contributed by atoms with E-state index < -0.39 is 0 Å². The lowest BCUT2D eigenvalue weighted by atomic mass is 9.80. The molecule has 12 heavy (non-hydrogen) atoms. The number of allylic oxidation sites excluding steroid dienone is 3. The second kappa shape index (κ2) is 4.91. The van der Waals surface area contributed by atoms with Crippen LogP contribution in [0, 0.1) is 11.8 Å². The number of hydrogen-bond donors (Lipinski definition) is 0. The Kier molecular flexibility index (Phi) is 3.78. The van der Waals surface area contributed by atoms with Crippen LogP contribution in [0.3, 0.4) is 0 Å². The van der Waals surface area contributed by atoms with E-state index in [0.717, 1.165) is 19.1 Å². The molecule has 1 saturated carbocycles. The fourth-order valence-electron chi connectivity index (χ4n) is 1.82. The average Bonchev–Trinajstić information content (AvgIpc) is 2.15. The molecule has 0 aromatic carbocycles. The molecule has 1 aliphatic carbocycles. The van der Waals surface area contributed by atoms with Crippen molar-refractivity contribution < 1.29 is 4.79 Å². The highest BCUT2D eigenvalue weighted by molar-refractivity contribution is 5.54. The third kappa shape index (κ3) is 2.33. The van der Waals surface area contributed by atoms with Gasteiger partial charge in [-0.25, -0.2) is 0 Å². The highest BCUT2D eigenvalue weighted by Crippen LogP contribution is 2.29. The zero-order valence-corrected chi connectivity index (χ0v) is 7.41. The van der Waals surface area contributed by atoms with Gasteiger partial charge in [0.25, 0.3) is 0 Å². The van der Waals surface area contributed by atoms with E-state index >= 15 is 0 Å². The van der Waals surface area contributed by atoms with Crippen molar-refractivity contribution in [1.29, 1.82) is 0 Å². The number of carbonyl (C=O) groups excluding carboxylic acids is 1. The van der Waals surface area contributed by atoms with Crippen LogP contribution in [-0.4, -0.2) is 6.29 Å². The zero-order chi connectivity index (χ0) is 8.81. The van der Waals surface area contributed by atoms with Gasteiger partial charge in [0.2, 0.25) is 0 Å². The predicted octanol–water partition coefficient (Wildman–Crippen LogP) is 2.73. The Morgan fingerprint density at radius 1 is 1.17 bits per heavy atom. The Morgan fingerprint density at radius 2 is 1.83 bits per heavy atom. The average molecular weight is 164 g/mol. The van der Waals surface area contributed by atoms with E-state index in [-0.39, 0.29) is 5.92 Å². The zero-order valence-electron chi connectivity index (χ0n) is 7.41. The molecule has 0 amide bonds. The quantitative estimate of drug-likeness (QED) is 0.463. The summed E-state index contributed by atoms with van der Waals surface area (Å²) in [5.41, 5.74) is 0. The van der Waals surface area contributed by atoms with Crippen molar-refractivity contribution in [3.63, 3.8) is 0 Å². The lowest BCUT2D eigenvalue weighted by Crippen LogP contribution is -2.18. The molecule has 0 aliphatic heterocycles. The topological polar surface area (TPSA) is 17.1 Å². The second-order valence-corrected chi connectivity index (χ2v) is 3.37. The van der Waals surface area contributed by atoms with Gasteiger partial charge >= 0.3 is 0 Å². The summed E-state index contributed by atoms with van der Waals surface area (Å²) < 4.78 is 0. The molecule has 0 aromatic heterocycles. The van der Waals surface area contributed by atoms with Crippen LogP contribution in [0.2, 0.25) is 0 Å². The normalized spacial score (nSPS) is 30.3. The lowest BCUT2D eigenvalue weighted by Gasteiger charge is -2.24. The minimum Gasteiger partial charge on any atom is -0.303 e. The summed E-state index contributed by atoms with van der Waals surface area (Å²) in [6.07, 6.45) is 11.6. The van der Waals surface area contributed by atoms with Crippen molar-refractivity contribution in [1.82, 2.24) is 0 Å². The molecule has 0 saturated heterocycles. The van der Waals surface area contributed by atoms with Crippen molar-refractivity contribution in [2.75, 3.05) is 0 Å². The van der Waals surface area contributed by atoms with Gasteiger partial charge in [-0.15, -0.1) is 0 Å². The summed E-state index contributed by atoms with van der Waals surface area (Å²) >= 11 is 0. The number of rotatable bonds is 3. The molecule has 0 unspecified atom stereocenters. The first-order valence-corrected chi connectivity index (χ1v) is 4.63. The Balaban J connectivity index is 2.52. The second-order valence-electron chi connectivity index (χ2n) is 3.37. The van der Waals surface area contributed by atoms with E-state index in [2.05, 4.69) is 12.7 Å². The van der Waals surface area contributed by atoms with Gasteiger partial charge < -0.3 is 4.79 Å². The first-order valence-electron chi connectivity index (χ1n) is 4.63. The van der Waals surface area contributed by atoms with Crippen LogP contribution in [-0.2, 0) is 4.79 Å². The third-order valence-corrected chi connectivity index (χ3v) is 2.54. The van der Waals surface area contributed by atoms with E-state index in [4.69, 9.17) is 0 Å². The Bertz CT molecular complexity index is 181. The SMILES string of the molecule is C=C/C=C/[C@H]1CCCC[C@H]1C=O. The summed E-state index contributed by atoms with van der Waals surface area (Å²) in [7, 11) is 0. The molecule has 0 heterocycles. The Labute approximate surface area is 74.2 Å². The first-order chi connectivity index (χ1) is 5.88. The van der Waals surface area contributed by atoms with E-state index in [1.165, 1.54) is 12.8 Å². The molecule has 0 aromatic rings. The fraction of sp³-hybridized carbons (Fsp3) is 0.545. The van der Waals surface area contributed by atoms with Gasteiger partial charge in [-0.1, -0.05) is 37.6 Å². The van der Waals surface area contributed by atoms with Crippen molar-refractivity contribution in [3.05, 3.63) is 24.8 Å². The van der Waals surface area contributed by atoms with Gasteiger partial charge in [0, 0.05) is 5.92 Å². The Hall–Kier alpha value is -0.850. The van der Waals surface area contributed by atoms with Crippen LogP contribution < -0.4 is 0 Å². The molecule has 1 rings (SSSR count). The van der Waals surface area contributed by atoms with Crippen molar-refractivity contribution >= 4 is 6.29 Å². The number of aldehydes is 1. The highest BCUT2D eigenvalue weighted by atomic mass is 16.1. The van der Waals surface area contributed by atoms with Crippen molar-refractivity contribution in [2.45, 2.75) is 25.7 Å². The van der Waals surface area contributed by atoms with E-state index in [0.29, 0.717) is 5.92 Å². The lowest BCUT2D eigenvalue weighted by molar-refractivity contribution is -0.112. The fourth-order valence-corrected chi connectivity index (χ4v) is 1.82. The minimum atomic E-state index is 0.259. The van der Waals surface area contributed by atoms with Crippen LogP contribution in [0.15, 0.2) is 24.8 Å². The smallest absolute Gasteiger partial charge is 0.123 e. The number of carbonyl (C=O) groups is 1. The van der Waals surface area contributed by atoms with Gasteiger partial charge in [0.05, 0.1) is 0 Å². The van der Waals surface area contributed by atoms with Gasteiger partial charge in [0.15, 0.2) is 0 Å². The largest absolute Gasteiger partial charge is 0.303 e. The molecule has 1 aliphatic rings. The molecular formula is C11H16O. The van der Waals surface area contributed by atoms with Gasteiger partial charge in [-0.2, -0.15) is 0 Å². The molecule has 66 valence electrons. The van der Waals surface area contributed by atoms with Gasteiger partial charge in [0.1, 0.15) is 6.29 Å². The van der Waals surface area contributed by atoms with E-state index in [1.807, 2.05) is 6.08 Å². The summed E-state index contributed by atoms with van der Waals surface area (Å²) in [4.78, 5) is 10.7. The molecule has 0 radical (unpaired) electrons. The van der Waals surface area contributed by atoms with Crippen LogP contribution >= 0.6 is 0 Å². The van der Waals surface area contributed by atoms with Gasteiger partial charge in [-0.05, 0) is 18.8 Å². The summed E-state index contributed by atoms with van der Waals surface area (Å²) in [5, 5.41) is 0. The number of hydrogen-bond acceptors (Lipinski definition) is 1. The molecular weight excluding hydrogens is 148 g/mol. The van der Waals surface area contributed by atoms with Crippen LogP contribution in [0.1, 0.15) is 25.7 Å². The van der Waals surface area contributed by atoms with E-state index in [9.17, 15) is 4.79 Å². The van der Waals surface area contributed by atoms with Crippen LogP contribution in [0.4, 0.5) is 0 Å². The maximum absolute atomic E-state index is 10.7. The van der Waals surface area contributed by atoms with Crippen LogP contribution in [0.5, 0.6) is 0 Å². The van der Waals surface area contributed by atoms with E-state index in [1.54, 1.807) is 6.08 Å². The van der Waals surface area contributed by atoms with Crippen molar-refractivity contribution in [2.24, 2.45) is 11.8 Å². The molecule has 2 atom stereocenters. The van der Waals surface area contributed by atoms with Crippen molar-refractivity contribution in [3.8, 4) is 0 Å². The minimum absolute atomic E-state index is 0.259. The molecule has 1 nitrogen and oxygen atoms in total. The predicted molar refractivity (Wildman–Crippen MR) is 50.8 cm³/mol. The maximum Gasteiger partial charge on any atom is 0.123 e. The van der Waals surface area contributed by atoms with Crippen LogP contribution in [0.25, 0.3) is 0 Å². The third-order valence-electron chi connectivity index (χ3n) is 2.54. The monoisotopic (exact) mass is 164 g/mol. The standard InChI is InChI=1S/C11H16O/c1-2-3-6-10-7-4-5-8-11(10)9-12/h2-3,6,9-11H,1,4-5,7-8H2/b6-3+/t10-,11-/m0/s1. The summed E-state index contributed by atoms with van der Waals surface area (Å²) in [6.45, 7) is 3.62. The summed E-state index contributed by atoms with van der Waals surface area (Å²) in [5.74, 6) is 0.726. The molecule has 0 spiro atoms. The maximum atomic E-state index is 10.7. The molecule has 1 heteroatoms. The van der Waals surface area contributed by atoms with Gasteiger partial charge in [-0.3, -0.25) is 0 Å². The molecule has 1 fully saturated rings. The summed E-state index contributed by atoms with van der Waals surface area (Å²) in [6, 6.07) is 0. The molecule has 0 N–H and O–H groups in total. The Morgan fingerprint density at radius 3 is 2.42 bits per heavy atom. The molecule has 0 bridgehead atoms.